The monoisotopic (exact) mass is 254 g/mol. The highest BCUT2D eigenvalue weighted by Crippen LogP contribution is 2.17. The summed E-state index contributed by atoms with van der Waals surface area (Å²) in [5, 5.41) is 4.45. The van der Waals surface area contributed by atoms with Gasteiger partial charge in [-0.25, -0.2) is 4.68 Å². The molecule has 2 heterocycles. The predicted molar refractivity (Wildman–Crippen MR) is 77.8 cm³/mol. The minimum Gasteiger partial charge on any atom is -0.341 e. The number of aromatic nitrogens is 3. The van der Waals surface area contributed by atoms with Crippen molar-refractivity contribution in [3.8, 4) is 0 Å². The Morgan fingerprint density at radius 3 is 2.53 bits per heavy atom. The van der Waals surface area contributed by atoms with Crippen molar-refractivity contribution in [2.75, 3.05) is 18.0 Å². The fraction of sp³-hybridized carbons (Fsp3) is 0.333. The Kier molecular flexibility index (Phi) is 3.31. The van der Waals surface area contributed by atoms with Crippen LogP contribution >= 0.6 is 0 Å². The third kappa shape index (κ3) is 2.67. The van der Waals surface area contributed by atoms with Gasteiger partial charge in [0.05, 0.1) is 0 Å². The van der Waals surface area contributed by atoms with Gasteiger partial charge in [-0.3, -0.25) is 0 Å². The average molecular weight is 254 g/mol. The number of rotatable bonds is 3. The molecule has 0 spiro atoms. The van der Waals surface area contributed by atoms with Crippen LogP contribution in [0.25, 0.3) is 12.2 Å². The second-order valence-electron chi connectivity index (χ2n) is 4.83. The van der Waals surface area contributed by atoms with E-state index in [0.29, 0.717) is 0 Å². The van der Waals surface area contributed by atoms with E-state index in [-0.39, 0.29) is 0 Å². The lowest BCUT2D eigenvalue weighted by molar-refractivity contribution is 0.733. The zero-order valence-corrected chi connectivity index (χ0v) is 11.2. The topological polar surface area (TPSA) is 34.0 Å². The first-order valence-corrected chi connectivity index (χ1v) is 6.72. The molecule has 0 saturated carbocycles. The Hall–Kier alpha value is -2.10. The van der Waals surface area contributed by atoms with Crippen molar-refractivity contribution in [3.63, 3.8) is 0 Å². The number of hydrogen-bond donors (Lipinski definition) is 0. The number of aryl methyl sites for hydroxylation is 1. The summed E-state index contributed by atoms with van der Waals surface area (Å²) in [7, 11) is 1.96. The molecule has 4 nitrogen and oxygen atoms in total. The molecule has 3 rings (SSSR count). The Labute approximate surface area is 113 Å². The summed E-state index contributed by atoms with van der Waals surface area (Å²) in [6.07, 6.45) is 6.52. The number of benzene rings is 1. The van der Waals surface area contributed by atoms with Gasteiger partial charge in [-0.05, 0) is 24.5 Å². The lowest BCUT2D eigenvalue weighted by Crippen LogP contribution is -2.21. The van der Waals surface area contributed by atoms with Gasteiger partial charge in [0, 0.05) is 20.1 Å². The van der Waals surface area contributed by atoms with E-state index in [1.54, 1.807) is 0 Å². The minimum atomic E-state index is 0.772. The fourth-order valence-electron chi connectivity index (χ4n) is 2.39. The molecular formula is C15H18N4. The maximum atomic E-state index is 4.60. The second kappa shape index (κ2) is 5.26. The number of hydrogen-bond acceptors (Lipinski definition) is 3. The summed E-state index contributed by atoms with van der Waals surface area (Å²) >= 11 is 0. The van der Waals surface area contributed by atoms with Crippen LogP contribution in [-0.2, 0) is 7.05 Å². The molecule has 1 aliphatic heterocycles. The Morgan fingerprint density at radius 2 is 1.79 bits per heavy atom. The summed E-state index contributed by atoms with van der Waals surface area (Å²) in [5.41, 5.74) is 1.16. The van der Waals surface area contributed by atoms with Gasteiger partial charge in [-0.2, -0.15) is 10.1 Å². The zero-order valence-electron chi connectivity index (χ0n) is 11.2. The van der Waals surface area contributed by atoms with E-state index in [0.717, 1.165) is 30.4 Å². The SMILES string of the molecule is Cn1nc(/C=C/c2ccccc2)nc1N1CCCC1. The average Bonchev–Trinajstić information content (AvgIpc) is 3.07. The first-order chi connectivity index (χ1) is 9.33. The predicted octanol–water partition coefficient (Wildman–Crippen LogP) is 2.59. The molecule has 0 atom stereocenters. The van der Waals surface area contributed by atoms with Crippen LogP contribution in [0.3, 0.4) is 0 Å². The summed E-state index contributed by atoms with van der Waals surface area (Å²) < 4.78 is 1.87. The van der Waals surface area contributed by atoms with Crippen LogP contribution in [0, 0.1) is 0 Å². The number of anilines is 1. The fourth-order valence-corrected chi connectivity index (χ4v) is 2.39. The van der Waals surface area contributed by atoms with E-state index in [4.69, 9.17) is 0 Å². The summed E-state index contributed by atoms with van der Waals surface area (Å²) in [6, 6.07) is 10.2. The van der Waals surface area contributed by atoms with Crippen LogP contribution in [0.2, 0.25) is 0 Å². The van der Waals surface area contributed by atoms with Gasteiger partial charge in [0.2, 0.25) is 5.95 Å². The van der Waals surface area contributed by atoms with Gasteiger partial charge in [0.25, 0.3) is 0 Å². The van der Waals surface area contributed by atoms with Crippen LogP contribution < -0.4 is 4.90 Å². The Balaban J connectivity index is 1.79. The quantitative estimate of drug-likeness (QED) is 0.844. The van der Waals surface area contributed by atoms with Gasteiger partial charge < -0.3 is 4.90 Å². The van der Waals surface area contributed by atoms with E-state index in [9.17, 15) is 0 Å². The van der Waals surface area contributed by atoms with E-state index >= 15 is 0 Å². The van der Waals surface area contributed by atoms with Crippen LogP contribution in [0.15, 0.2) is 30.3 Å². The molecular weight excluding hydrogens is 236 g/mol. The van der Waals surface area contributed by atoms with Crippen molar-refractivity contribution >= 4 is 18.1 Å². The lowest BCUT2D eigenvalue weighted by atomic mass is 10.2. The van der Waals surface area contributed by atoms with Gasteiger partial charge in [0.1, 0.15) is 0 Å². The van der Waals surface area contributed by atoms with E-state index < -0.39 is 0 Å². The third-order valence-electron chi connectivity index (χ3n) is 3.37. The van der Waals surface area contributed by atoms with Gasteiger partial charge in [-0.1, -0.05) is 36.4 Å². The van der Waals surface area contributed by atoms with E-state index in [1.807, 2.05) is 42.1 Å². The van der Waals surface area contributed by atoms with Crippen molar-refractivity contribution in [2.45, 2.75) is 12.8 Å². The maximum absolute atomic E-state index is 4.60. The second-order valence-corrected chi connectivity index (χ2v) is 4.83. The molecule has 0 N–H and O–H groups in total. The third-order valence-corrected chi connectivity index (χ3v) is 3.37. The molecule has 0 bridgehead atoms. The van der Waals surface area contributed by atoms with Crippen LogP contribution in [0.1, 0.15) is 24.2 Å². The largest absolute Gasteiger partial charge is 0.341 e. The smallest absolute Gasteiger partial charge is 0.224 e. The molecule has 0 radical (unpaired) electrons. The van der Waals surface area contributed by atoms with Crippen molar-refractivity contribution in [1.29, 1.82) is 0 Å². The molecule has 19 heavy (non-hydrogen) atoms. The molecule has 1 aromatic carbocycles. The molecule has 98 valence electrons. The van der Waals surface area contributed by atoms with E-state index in [2.05, 4.69) is 27.1 Å². The molecule has 1 aliphatic rings. The molecule has 1 aromatic heterocycles. The van der Waals surface area contributed by atoms with Crippen molar-refractivity contribution in [2.24, 2.45) is 7.05 Å². The summed E-state index contributed by atoms with van der Waals surface area (Å²) in [5.74, 6) is 1.75. The first-order valence-electron chi connectivity index (χ1n) is 6.72. The molecule has 0 unspecified atom stereocenters. The standard InChI is InChI=1S/C15H18N4/c1-18-15(19-11-5-6-12-19)16-14(17-18)10-9-13-7-3-2-4-8-13/h2-4,7-10H,5-6,11-12H2,1H3/b10-9+. The molecule has 2 aromatic rings. The van der Waals surface area contributed by atoms with Gasteiger partial charge in [-0.15, -0.1) is 0 Å². The maximum Gasteiger partial charge on any atom is 0.224 e. The van der Waals surface area contributed by atoms with Gasteiger partial charge >= 0.3 is 0 Å². The summed E-state index contributed by atoms with van der Waals surface area (Å²) in [6.45, 7) is 2.18. The molecule has 0 amide bonds. The minimum absolute atomic E-state index is 0.772. The normalized spacial score (nSPS) is 15.5. The van der Waals surface area contributed by atoms with Crippen LogP contribution in [-0.4, -0.2) is 27.9 Å². The van der Waals surface area contributed by atoms with Crippen molar-refractivity contribution in [1.82, 2.24) is 14.8 Å². The van der Waals surface area contributed by atoms with Crippen molar-refractivity contribution < 1.29 is 0 Å². The zero-order chi connectivity index (χ0) is 13.1. The molecule has 4 heteroatoms. The molecule has 1 saturated heterocycles. The number of nitrogens with zero attached hydrogens (tertiary/aromatic N) is 4. The molecule has 1 fully saturated rings. The Bertz CT molecular complexity index is 565. The highest BCUT2D eigenvalue weighted by molar-refractivity contribution is 5.66. The highest BCUT2D eigenvalue weighted by Gasteiger charge is 2.17. The van der Waals surface area contributed by atoms with Crippen LogP contribution in [0.4, 0.5) is 5.95 Å². The molecule has 0 aliphatic carbocycles. The lowest BCUT2D eigenvalue weighted by Gasteiger charge is -2.14. The highest BCUT2D eigenvalue weighted by atomic mass is 15.4. The van der Waals surface area contributed by atoms with Crippen LogP contribution in [0.5, 0.6) is 0 Å². The van der Waals surface area contributed by atoms with E-state index in [1.165, 1.54) is 12.8 Å². The first kappa shape index (κ1) is 12.0. The van der Waals surface area contributed by atoms with Gasteiger partial charge in [0.15, 0.2) is 5.82 Å². The Morgan fingerprint density at radius 1 is 1.05 bits per heavy atom. The summed E-state index contributed by atoms with van der Waals surface area (Å²) in [4.78, 5) is 6.90. The van der Waals surface area contributed by atoms with Crippen molar-refractivity contribution in [3.05, 3.63) is 41.7 Å².